The highest BCUT2D eigenvalue weighted by atomic mass is 19.4. The van der Waals surface area contributed by atoms with Crippen LogP contribution in [0.15, 0.2) is 73.4 Å². The average Bonchev–Trinajstić information content (AvgIpc) is 2.83. The van der Waals surface area contributed by atoms with Crippen molar-refractivity contribution in [2.45, 2.75) is 44.6 Å². The fourth-order valence-corrected chi connectivity index (χ4v) is 6.47. The van der Waals surface area contributed by atoms with Crippen LogP contribution in [0, 0.1) is 11.3 Å². The van der Waals surface area contributed by atoms with Crippen molar-refractivity contribution >= 4 is 10.9 Å². The molecule has 3 aromatic rings. The largest absolute Gasteiger partial charge is 0.416 e. The number of fused-ring (bicyclic) bond motifs is 4. The van der Waals surface area contributed by atoms with Crippen LogP contribution in [0.3, 0.4) is 0 Å². The number of rotatable bonds is 5. The standard InChI is InChI=1S/C28H30F3N2O/c1-3-27(2)18-33(17-19-8-10-20(11-9-19)28(29,30)31)15-13-21(27)16-25(33)26(34)23-12-14-32-24-7-5-4-6-22(23)24/h3-12,14,21,25-26,34H,1,13,15-18H2,2H3/q+1/t21-,25?,26+,27?,33+/m0/s1. The van der Waals surface area contributed by atoms with Gasteiger partial charge in [0.15, 0.2) is 0 Å². The lowest BCUT2D eigenvalue weighted by molar-refractivity contribution is -0.988. The van der Waals surface area contributed by atoms with Gasteiger partial charge in [-0.2, -0.15) is 13.2 Å². The van der Waals surface area contributed by atoms with Crippen LogP contribution in [0.4, 0.5) is 13.2 Å². The molecule has 3 fully saturated rings. The van der Waals surface area contributed by atoms with E-state index in [1.807, 2.05) is 36.4 Å². The monoisotopic (exact) mass is 467 g/mol. The molecule has 2 aromatic carbocycles. The molecule has 2 bridgehead atoms. The minimum Gasteiger partial charge on any atom is -0.382 e. The van der Waals surface area contributed by atoms with E-state index in [1.165, 1.54) is 12.1 Å². The molecule has 6 rings (SSSR count). The topological polar surface area (TPSA) is 33.1 Å². The van der Waals surface area contributed by atoms with Crippen molar-refractivity contribution < 1.29 is 22.8 Å². The molecule has 178 valence electrons. The van der Waals surface area contributed by atoms with E-state index >= 15 is 0 Å². The van der Waals surface area contributed by atoms with Gasteiger partial charge in [0.1, 0.15) is 18.7 Å². The minimum atomic E-state index is -4.35. The highest BCUT2D eigenvalue weighted by molar-refractivity contribution is 5.82. The third-order valence-electron chi connectivity index (χ3n) is 8.35. The Bertz CT molecular complexity index is 1200. The molecular formula is C28H30F3N2O+. The molecule has 34 heavy (non-hydrogen) atoms. The van der Waals surface area contributed by atoms with Gasteiger partial charge in [-0.05, 0) is 35.7 Å². The van der Waals surface area contributed by atoms with Crippen molar-refractivity contribution in [3.63, 3.8) is 0 Å². The minimum absolute atomic E-state index is 0.0557. The number of para-hydroxylation sites is 1. The molecule has 3 nitrogen and oxygen atoms in total. The number of alkyl halides is 3. The molecule has 2 unspecified atom stereocenters. The number of halogens is 3. The molecule has 3 aliphatic rings. The predicted octanol–water partition coefficient (Wildman–Crippen LogP) is 6.29. The van der Waals surface area contributed by atoms with Crippen LogP contribution in [0.25, 0.3) is 10.9 Å². The third kappa shape index (κ3) is 3.83. The molecule has 6 heteroatoms. The summed E-state index contributed by atoms with van der Waals surface area (Å²) in [5.74, 6) is 0.422. The normalized spacial score (nSPS) is 29.8. The third-order valence-corrected chi connectivity index (χ3v) is 8.35. The van der Waals surface area contributed by atoms with Gasteiger partial charge in [0.25, 0.3) is 0 Å². The van der Waals surface area contributed by atoms with Crippen molar-refractivity contribution in [1.82, 2.24) is 4.98 Å². The van der Waals surface area contributed by atoms with Crippen molar-refractivity contribution in [2.24, 2.45) is 11.3 Å². The van der Waals surface area contributed by atoms with Crippen molar-refractivity contribution in [1.29, 1.82) is 0 Å². The van der Waals surface area contributed by atoms with Crippen LogP contribution in [0.1, 0.15) is 42.6 Å². The molecule has 1 aromatic heterocycles. The zero-order valence-corrected chi connectivity index (χ0v) is 19.3. The van der Waals surface area contributed by atoms with Gasteiger partial charge in [0, 0.05) is 35.4 Å². The summed E-state index contributed by atoms with van der Waals surface area (Å²) in [5.41, 5.74) is 1.87. The second kappa shape index (κ2) is 8.21. The summed E-state index contributed by atoms with van der Waals surface area (Å²) in [6.45, 7) is 8.63. The van der Waals surface area contributed by atoms with Gasteiger partial charge in [0.05, 0.1) is 24.2 Å². The molecule has 0 saturated carbocycles. The lowest BCUT2D eigenvalue weighted by atomic mass is 9.63. The van der Waals surface area contributed by atoms with Crippen LogP contribution in [-0.2, 0) is 12.7 Å². The number of piperidine rings is 3. The first-order chi connectivity index (χ1) is 16.2. The van der Waals surface area contributed by atoms with Crippen LogP contribution >= 0.6 is 0 Å². The summed E-state index contributed by atoms with van der Waals surface area (Å²) in [4.78, 5) is 4.45. The molecule has 3 saturated heterocycles. The Morgan fingerprint density at radius 2 is 1.91 bits per heavy atom. The van der Waals surface area contributed by atoms with Gasteiger partial charge in [-0.3, -0.25) is 4.98 Å². The number of benzene rings is 2. The Hall–Kier alpha value is -2.70. The number of aromatic nitrogens is 1. The Morgan fingerprint density at radius 1 is 1.18 bits per heavy atom. The zero-order valence-electron chi connectivity index (χ0n) is 19.3. The number of quaternary nitrogens is 1. The predicted molar refractivity (Wildman–Crippen MR) is 127 cm³/mol. The van der Waals surface area contributed by atoms with E-state index in [0.29, 0.717) is 16.9 Å². The Morgan fingerprint density at radius 3 is 2.62 bits per heavy atom. The second-order valence-corrected chi connectivity index (χ2v) is 10.3. The molecular weight excluding hydrogens is 437 g/mol. The first kappa shape index (κ1) is 23.1. The van der Waals surface area contributed by atoms with Crippen molar-refractivity contribution in [3.8, 4) is 0 Å². The fraction of sp³-hybridized carbons (Fsp3) is 0.393. The number of nitrogens with zero attached hydrogens (tertiary/aromatic N) is 2. The van der Waals surface area contributed by atoms with Crippen LogP contribution in [-0.4, -0.2) is 33.7 Å². The van der Waals surface area contributed by atoms with Gasteiger partial charge in [0.2, 0.25) is 0 Å². The maximum atomic E-state index is 13.1. The fourth-order valence-electron chi connectivity index (χ4n) is 6.47. The summed E-state index contributed by atoms with van der Waals surface area (Å²) >= 11 is 0. The maximum Gasteiger partial charge on any atom is 0.416 e. The quantitative estimate of drug-likeness (QED) is 0.353. The Kier molecular flexibility index (Phi) is 5.57. The molecule has 4 heterocycles. The zero-order chi connectivity index (χ0) is 24.1. The number of pyridine rings is 1. The smallest absolute Gasteiger partial charge is 0.382 e. The molecule has 0 amide bonds. The molecule has 0 radical (unpaired) electrons. The van der Waals surface area contributed by atoms with E-state index in [0.717, 1.165) is 48.0 Å². The van der Waals surface area contributed by atoms with Crippen LogP contribution in [0.2, 0.25) is 0 Å². The van der Waals surface area contributed by atoms with E-state index < -0.39 is 17.8 Å². The highest BCUT2D eigenvalue weighted by Gasteiger charge is 2.58. The molecule has 1 N–H and O–H groups in total. The van der Waals surface area contributed by atoms with E-state index in [-0.39, 0.29) is 11.5 Å². The molecule has 0 aliphatic carbocycles. The van der Waals surface area contributed by atoms with Crippen molar-refractivity contribution in [3.05, 3.63) is 90.1 Å². The molecule has 0 spiro atoms. The summed E-state index contributed by atoms with van der Waals surface area (Å²) in [7, 11) is 0. The number of aliphatic hydroxyl groups excluding tert-OH is 1. The summed E-state index contributed by atoms with van der Waals surface area (Å²) in [6.07, 6.45) is 0.605. The number of aliphatic hydroxyl groups is 1. The first-order valence-corrected chi connectivity index (χ1v) is 11.8. The highest BCUT2D eigenvalue weighted by Crippen LogP contribution is 2.53. The van der Waals surface area contributed by atoms with Gasteiger partial charge < -0.3 is 9.59 Å². The Balaban J connectivity index is 1.54. The second-order valence-electron chi connectivity index (χ2n) is 10.3. The van der Waals surface area contributed by atoms with E-state index in [2.05, 4.69) is 18.5 Å². The molecule has 5 atom stereocenters. The van der Waals surface area contributed by atoms with Crippen LogP contribution < -0.4 is 0 Å². The average molecular weight is 468 g/mol. The lowest BCUT2D eigenvalue weighted by Crippen LogP contribution is -2.70. The van der Waals surface area contributed by atoms with Crippen molar-refractivity contribution in [2.75, 3.05) is 13.1 Å². The SMILES string of the molecule is C=CC1(C)C[N@+]2(Cc3ccc(C(F)(F)F)cc3)CC[C@H]1CC2[C@H](O)c1ccnc2ccccc12. The van der Waals surface area contributed by atoms with Gasteiger partial charge in [-0.15, -0.1) is 6.58 Å². The van der Waals surface area contributed by atoms with Gasteiger partial charge in [-0.25, -0.2) is 0 Å². The van der Waals surface area contributed by atoms with E-state index in [9.17, 15) is 18.3 Å². The van der Waals surface area contributed by atoms with E-state index in [1.54, 1.807) is 18.3 Å². The van der Waals surface area contributed by atoms with Crippen LogP contribution in [0.5, 0.6) is 0 Å². The Labute approximate surface area is 198 Å². The lowest BCUT2D eigenvalue weighted by Gasteiger charge is -2.61. The van der Waals surface area contributed by atoms with E-state index in [4.69, 9.17) is 0 Å². The van der Waals surface area contributed by atoms with Gasteiger partial charge in [-0.1, -0.05) is 43.3 Å². The first-order valence-electron chi connectivity index (χ1n) is 11.8. The summed E-state index contributed by atoms with van der Waals surface area (Å²) < 4.78 is 40.0. The number of hydrogen-bond donors (Lipinski definition) is 1. The summed E-state index contributed by atoms with van der Waals surface area (Å²) in [5, 5.41) is 12.7. The molecule has 3 aliphatic heterocycles. The summed E-state index contributed by atoms with van der Waals surface area (Å²) in [6, 6.07) is 15.2. The van der Waals surface area contributed by atoms with Gasteiger partial charge >= 0.3 is 6.18 Å². The number of hydrogen-bond acceptors (Lipinski definition) is 2. The maximum absolute atomic E-state index is 13.1.